The summed E-state index contributed by atoms with van der Waals surface area (Å²) in [4.78, 5) is 24.0. The van der Waals surface area contributed by atoms with E-state index in [4.69, 9.17) is 5.11 Å². The maximum absolute atomic E-state index is 11.6. The summed E-state index contributed by atoms with van der Waals surface area (Å²) in [5.74, 6) is -1.02. The predicted molar refractivity (Wildman–Crippen MR) is 73.9 cm³/mol. The third-order valence-corrected chi connectivity index (χ3v) is 2.50. The first-order valence-corrected chi connectivity index (χ1v) is 6.22. The molecule has 1 rings (SSSR count). The number of anilines is 1. The quantitative estimate of drug-likeness (QED) is 0.789. The molecule has 0 fully saturated rings. The number of carbonyl (C=O) groups excluding carboxylic acids is 1. The molecule has 0 bridgehead atoms. The van der Waals surface area contributed by atoms with Crippen LogP contribution in [0.25, 0.3) is 0 Å². The number of nitrogens with one attached hydrogen (secondary N) is 1. The van der Waals surface area contributed by atoms with Crippen LogP contribution in [0.15, 0.2) is 24.3 Å². The number of carboxylic acid groups (broad SMARTS) is 1. The van der Waals surface area contributed by atoms with Gasteiger partial charge in [-0.2, -0.15) is 0 Å². The lowest BCUT2D eigenvalue weighted by molar-refractivity contribution is -0.137. The summed E-state index contributed by atoms with van der Waals surface area (Å²) in [5.41, 5.74) is 1.87. The van der Waals surface area contributed by atoms with Crippen molar-refractivity contribution in [1.82, 2.24) is 4.90 Å². The van der Waals surface area contributed by atoms with Crippen molar-refractivity contribution in [3.63, 3.8) is 0 Å². The molecule has 1 amide bonds. The van der Waals surface area contributed by atoms with E-state index in [0.717, 1.165) is 17.8 Å². The highest BCUT2D eigenvalue weighted by Crippen LogP contribution is 2.12. The molecular formula is C14H20N2O3. The smallest absolute Gasteiger partial charge is 0.303 e. The minimum atomic E-state index is -0.874. The number of aliphatic carboxylic acids is 1. The van der Waals surface area contributed by atoms with Gasteiger partial charge in [0.2, 0.25) is 5.91 Å². The number of amides is 1. The van der Waals surface area contributed by atoms with Gasteiger partial charge < -0.3 is 15.3 Å². The van der Waals surface area contributed by atoms with Gasteiger partial charge in [0, 0.05) is 25.1 Å². The molecular weight excluding hydrogens is 244 g/mol. The summed E-state index contributed by atoms with van der Waals surface area (Å²) in [6, 6.07) is 7.65. The number of rotatable bonds is 7. The van der Waals surface area contributed by atoms with Crippen molar-refractivity contribution in [1.29, 1.82) is 0 Å². The molecule has 1 aromatic rings. The topological polar surface area (TPSA) is 69.6 Å². The molecule has 19 heavy (non-hydrogen) atoms. The van der Waals surface area contributed by atoms with E-state index in [1.165, 1.54) is 0 Å². The highest BCUT2D eigenvalue weighted by atomic mass is 16.4. The lowest BCUT2D eigenvalue weighted by Gasteiger charge is -2.11. The van der Waals surface area contributed by atoms with Gasteiger partial charge in [-0.1, -0.05) is 12.1 Å². The zero-order valence-corrected chi connectivity index (χ0v) is 11.3. The zero-order valence-electron chi connectivity index (χ0n) is 11.3. The Bertz CT molecular complexity index is 444. The molecule has 0 aliphatic heterocycles. The van der Waals surface area contributed by atoms with E-state index in [1.807, 2.05) is 43.3 Å². The van der Waals surface area contributed by atoms with Crippen LogP contribution in [0.5, 0.6) is 0 Å². The maximum Gasteiger partial charge on any atom is 0.303 e. The van der Waals surface area contributed by atoms with Crippen molar-refractivity contribution in [3.8, 4) is 0 Å². The Morgan fingerprint density at radius 2 is 2.00 bits per heavy atom. The van der Waals surface area contributed by atoms with E-state index in [2.05, 4.69) is 5.32 Å². The summed E-state index contributed by atoms with van der Waals surface area (Å²) in [6.45, 7) is 0.808. The van der Waals surface area contributed by atoms with Gasteiger partial charge in [-0.25, -0.2) is 0 Å². The summed E-state index contributed by atoms with van der Waals surface area (Å²) < 4.78 is 0. The molecule has 0 atom stereocenters. The minimum absolute atomic E-state index is 0.0219. The monoisotopic (exact) mass is 264 g/mol. The molecule has 0 radical (unpaired) electrons. The van der Waals surface area contributed by atoms with Crippen LogP contribution < -0.4 is 5.32 Å². The van der Waals surface area contributed by atoms with Gasteiger partial charge in [0.25, 0.3) is 0 Å². The first-order valence-electron chi connectivity index (χ1n) is 6.22. The fourth-order valence-electron chi connectivity index (χ4n) is 1.74. The molecule has 0 saturated heterocycles. The predicted octanol–water partition coefficient (Wildman–Crippen LogP) is 1.94. The average Bonchev–Trinajstić information content (AvgIpc) is 2.27. The van der Waals surface area contributed by atoms with Crippen molar-refractivity contribution >= 4 is 17.6 Å². The molecule has 0 aromatic heterocycles. The van der Waals surface area contributed by atoms with Crippen LogP contribution in [0.3, 0.4) is 0 Å². The minimum Gasteiger partial charge on any atom is -0.481 e. The molecule has 0 heterocycles. The van der Waals surface area contributed by atoms with Crippen LogP contribution in [-0.2, 0) is 16.1 Å². The van der Waals surface area contributed by atoms with Gasteiger partial charge in [0.1, 0.15) is 0 Å². The van der Waals surface area contributed by atoms with Crippen molar-refractivity contribution in [2.45, 2.75) is 25.8 Å². The second-order valence-corrected chi connectivity index (χ2v) is 4.73. The molecule has 0 spiro atoms. The fraction of sp³-hybridized carbons (Fsp3) is 0.429. The van der Waals surface area contributed by atoms with Crippen LogP contribution >= 0.6 is 0 Å². The molecule has 0 aliphatic carbocycles. The highest BCUT2D eigenvalue weighted by Gasteiger charge is 2.05. The number of benzene rings is 1. The van der Waals surface area contributed by atoms with E-state index in [0.29, 0.717) is 6.42 Å². The van der Waals surface area contributed by atoms with Gasteiger partial charge in [-0.05, 0) is 38.2 Å². The molecule has 2 N–H and O–H groups in total. The average molecular weight is 264 g/mol. The standard InChI is InChI=1S/C14H20N2O3/c1-16(2)10-11-5-3-6-12(9-11)15-13(17)7-4-8-14(18)19/h3,5-6,9H,4,7-8,10H2,1-2H3,(H,15,17)(H,18,19). The molecule has 5 heteroatoms. The van der Waals surface area contributed by atoms with E-state index in [1.54, 1.807) is 0 Å². The summed E-state index contributed by atoms with van der Waals surface area (Å²) in [5, 5.41) is 11.3. The van der Waals surface area contributed by atoms with Crippen molar-refractivity contribution < 1.29 is 14.7 Å². The molecule has 0 unspecified atom stereocenters. The van der Waals surface area contributed by atoms with E-state index in [9.17, 15) is 9.59 Å². The molecule has 104 valence electrons. The van der Waals surface area contributed by atoms with Gasteiger partial charge in [0.05, 0.1) is 0 Å². The molecule has 5 nitrogen and oxygen atoms in total. The van der Waals surface area contributed by atoms with Crippen LogP contribution in [0.1, 0.15) is 24.8 Å². The highest BCUT2D eigenvalue weighted by molar-refractivity contribution is 5.90. The van der Waals surface area contributed by atoms with Crippen molar-refractivity contribution in [2.24, 2.45) is 0 Å². The second kappa shape index (κ2) is 7.53. The Morgan fingerprint density at radius 1 is 1.26 bits per heavy atom. The zero-order chi connectivity index (χ0) is 14.3. The normalized spacial score (nSPS) is 10.5. The van der Waals surface area contributed by atoms with Crippen LogP contribution in [0.4, 0.5) is 5.69 Å². The second-order valence-electron chi connectivity index (χ2n) is 4.73. The lowest BCUT2D eigenvalue weighted by atomic mass is 10.2. The van der Waals surface area contributed by atoms with E-state index in [-0.39, 0.29) is 18.7 Å². The third kappa shape index (κ3) is 6.57. The number of nitrogens with zero attached hydrogens (tertiary/aromatic N) is 1. The molecule has 1 aromatic carbocycles. The largest absolute Gasteiger partial charge is 0.481 e. The Labute approximate surface area is 113 Å². The maximum atomic E-state index is 11.6. The van der Waals surface area contributed by atoms with E-state index < -0.39 is 5.97 Å². The van der Waals surface area contributed by atoms with Crippen LogP contribution in [0.2, 0.25) is 0 Å². The molecule has 0 saturated carbocycles. The number of hydrogen-bond donors (Lipinski definition) is 2. The SMILES string of the molecule is CN(C)Cc1cccc(NC(=O)CCCC(=O)O)c1. The van der Waals surface area contributed by atoms with Crippen molar-refractivity contribution in [3.05, 3.63) is 29.8 Å². The Morgan fingerprint density at radius 3 is 2.63 bits per heavy atom. The number of hydrogen-bond acceptors (Lipinski definition) is 3. The Hall–Kier alpha value is -1.88. The van der Waals surface area contributed by atoms with Gasteiger partial charge in [0.15, 0.2) is 0 Å². The van der Waals surface area contributed by atoms with Crippen LogP contribution in [-0.4, -0.2) is 36.0 Å². The summed E-state index contributed by atoms with van der Waals surface area (Å²) >= 11 is 0. The van der Waals surface area contributed by atoms with Gasteiger partial charge >= 0.3 is 5.97 Å². The van der Waals surface area contributed by atoms with Crippen molar-refractivity contribution in [2.75, 3.05) is 19.4 Å². The summed E-state index contributed by atoms with van der Waals surface area (Å²) in [6.07, 6.45) is 0.608. The van der Waals surface area contributed by atoms with Gasteiger partial charge in [-0.15, -0.1) is 0 Å². The van der Waals surface area contributed by atoms with E-state index >= 15 is 0 Å². The first kappa shape index (κ1) is 15.2. The van der Waals surface area contributed by atoms with Gasteiger partial charge in [-0.3, -0.25) is 9.59 Å². The first-order chi connectivity index (χ1) is 8.97. The molecule has 0 aliphatic rings. The number of carbonyl (C=O) groups is 2. The Kier molecular flexibility index (Phi) is 6.02. The van der Waals surface area contributed by atoms with Crippen LogP contribution in [0, 0.1) is 0 Å². The Balaban J connectivity index is 2.47. The third-order valence-electron chi connectivity index (χ3n) is 2.50. The lowest BCUT2D eigenvalue weighted by Crippen LogP contribution is -2.13. The number of carboxylic acids is 1. The fourth-order valence-corrected chi connectivity index (χ4v) is 1.74. The summed E-state index contributed by atoms with van der Waals surface area (Å²) in [7, 11) is 3.97.